The summed E-state index contributed by atoms with van der Waals surface area (Å²) in [5, 5.41) is 0. The van der Waals surface area contributed by atoms with Crippen molar-refractivity contribution in [2.75, 3.05) is 11.4 Å². The lowest BCUT2D eigenvalue weighted by molar-refractivity contribution is 0.342. The van der Waals surface area contributed by atoms with Gasteiger partial charge in [-0.25, -0.2) is 0 Å². The Balaban J connectivity index is 1.75. The molecule has 2 nitrogen and oxygen atoms in total. The summed E-state index contributed by atoms with van der Waals surface area (Å²) in [4.78, 5) is 2.64. The van der Waals surface area contributed by atoms with Gasteiger partial charge in [0.25, 0.3) is 0 Å². The second-order valence-corrected chi connectivity index (χ2v) is 6.20. The average molecular weight is 258 g/mol. The normalized spacial score (nSPS) is 28.2. The lowest BCUT2D eigenvalue weighted by Gasteiger charge is -2.33. The average Bonchev–Trinajstić information content (AvgIpc) is 2.90. The van der Waals surface area contributed by atoms with Gasteiger partial charge in [-0.05, 0) is 49.3 Å². The van der Waals surface area contributed by atoms with Gasteiger partial charge in [0.05, 0.1) is 0 Å². The number of benzene rings is 1. The number of anilines is 1. The molecule has 2 fully saturated rings. The Morgan fingerprint density at radius 3 is 2.63 bits per heavy atom. The SMILES string of the molecule is CCC(N)c1ccc(N2CCC3CCCCC32)cc1. The van der Waals surface area contributed by atoms with Crippen LogP contribution < -0.4 is 10.6 Å². The molecule has 1 aromatic rings. The lowest BCUT2D eigenvalue weighted by Crippen LogP contribution is -2.34. The van der Waals surface area contributed by atoms with E-state index in [1.807, 2.05) is 0 Å². The van der Waals surface area contributed by atoms with Gasteiger partial charge in [-0.3, -0.25) is 0 Å². The molecule has 0 amide bonds. The van der Waals surface area contributed by atoms with Gasteiger partial charge in [0.15, 0.2) is 0 Å². The predicted octanol–water partition coefficient (Wildman–Crippen LogP) is 3.87. The van der Waals surface area contributed by atoms with Crippen molar-refractivity contribution < 1.29 is 0 Å². The van der Waals surface area contributed by atoms with Crippen molar-refractivity contribution in [2.45, 2.75) is 57.5 Å². The molecule has 19 heavy (non-hydrogen) atoms. The molecule has 1 aromatic carbocycles. The molecule has 3 unspecified atom stereocenters. The molecule has 1 heterocycles. The van der Waals surface area contributed by atoms with Gasteiger partial charge in [0.1, 0.15) is 0 Å². The zero-order valence-electron chi connectivity index (χ0n) is 12.0. The zero-order chi connectivity index (χ0) is 13.2. The second-order valence-electron chi connectivity index (χ2n) is 6.20. The fourth-order valence-corrected chi connectivity index (χ4v) is 3.88. The summed E-state index contributed by atoms with van der Waals surface area (Å²) in [5.41, 5.74) is 8.76. The van der Waals surface area contributed by atoms with Gasteiger partial charge in [0, 0.05) is 24.3 Å². The predicted molar refractivity (Wildman–Crippen MR) is 81.4 cm³/mol. The van der Waals surface area contributed by atoms with Crippen molar-refractivity contribution in [3.63, 3.8) is 0 Å². The van der Waals surface area contributed by atoms with Crippen molar-refractivity contribution in [3.05, 3.63) is 29.8 Å². The van der Waals surface area contributed by atoms with Gasteiger partial charge >= 0.3 is 0 Å². The number of nitrogens with zero attached hydrogens (tertiary/aromatic N) is 1. The van der Waals surface area contributed by atoms with Crippen LogP contribution in [0.15, 0.2) is 24.3 Å². The third-order valence-electron chi connectivity index (χ3n) is 5.10. The number of hydrogen-bond donors (Lipinski definition) is 1. The number of rotatable bonds is 3. The molecule has 104 valence electrons. The van der Waals surface area contributed by atoms with Crippen LogP contribution in [0.2, 0.25) is 0 Å². The van der Waals surface area contributed by atoms with E-state index in [-0.39, 0.29) is 6.04 Å². The first-order chi connectivity index (χ1) is 9.29. The molecule has 3 atom stereocenters. The largest absolute Gasteiger partial charge is 0.368 e. The molecule has 0 bridgehead atoms. The minimum absolute atomic E-state index is 0.190. The van der Waals surface area contributed by atoms with Crippen LogP contribution in [0.5, 0.6) is 0 Å². The summed E-state index contributed by atoms with van der Waals surface area (Å²) in [7, 11) is 0. The van der Waals surface area contributed by atoms with E-state index in [9.17, 15) is 0 Å². The van der Waals surface area contributed by atoms with E-state index < -0.39 is 0 Å². The molecule has 0 aromatic heterocycles. The van der Waals surface area contributed by atoms with Crippen LogP contribution in [0.25, 0.3) is 0 Å². The molecule has 2 N–H and O–H groups in total. The smallest absolute Gasteiger partial charge is 0.0369 e. The number of fused-ring (bicyclic) bond motifs is 1. The Labute approximate surface area is 117 Å². The molecule has 1 saturated carbocycles. The van der Waals surface area contributed by atoms with Crippen molar-refractivity contribution in [2.24, 2.45) is 11.7 Å². The highest BCUT2D eigenvalue weighted by Crippen LogP contribution is 2.38. The Bertz CT molecular complexity index is 412. The summed E-state index contributed by atoms with van der Waals surface area (Å²) < 4.78 is 0. The molecule has 2 aliphatic rings. The van der Waals surface area contributed by atoms with Crippen LogP contribution in [-0.4, -0.2) is 12.6 Å². The fourth-order valence-electron chi connectivity index (χ4n) is 3.88. The standard InChI is InChI=1S/C17H26N2/c1-2-16(18)13-7-9-15(10-8-13)19-12-11-14-5-3-4-6-17(14)19/h7-10,14,16-17H,2-6,11-12,18H2,1H3. The Kier molecular flexibility index (Phi) is 3.79. The molecular formula is C17H26N2. The molecule has 3 rings (SSSR count). The Morgan fingerprint density at radius 2 is 1.89 bits per heavy atom. The summed E-state index contributed by atoms with van der Waals surface area (Å²) in [6.07, 6.45) is 8.09. The molecule has 0 radical (unpaired) electrons. The fraction of sp³-hybridized carbons (Fsp3) is 0.647. The Hall–Kier alpha value is -1.02. The maximum atomic E-state index is 6.09. The van der Waals surface area contributed by atoms with E-state index in [4.69, 9.17) is 5.73 Å². The molecule has 1 saturated heterocycles. The topological polar surface area (TPSA) is 29.3 Å². The maximum Gasteiger partial charge on any atom is 0.0369 e. The third-order valence-corrected chi connectivity index (χ3v) is 5.10. The van der Waals surface area contributed by atoms with E-state index in [1.54, 1.807) is 0 Å². The highest BCUT2D eigenvalue weighted by molar-refractivity contribution is 5.50. The number of nitrogens with two attached hydrogens (primary N) is 1. The van der Waals surface area contributed by atoms with Gasteiger partial charge in [-0.15, -0.1) is 0 Å². The first-order valence-corrected chi connectivity index (χ1v) is 7.91. The van der Waals surface area contributed by atoms with Crippen molar-refractivity contribution in [3.8, 4) is 0 Å². The van der Waals surface area contributed by atoms with Crippen LogP contribution in [0, 0.1) is 5.92 Å². The summed E-state index contributed by atoms with van der Waals surface area (Å²) in [6, 6.07) is 10.00. The lowest BCUT2D eigenvalue weighted by atomic mass is 9.85. The summed E-state index contributed by atoms with van der Waals surface area (Å²) in [6.45, 7) is 3.39. The van der Waals surface area contributed by atoms with Crippen LogP contribution in [0.3, 0.4) is 0 Å². The summed E-state index contributed by atoms with van der Waals surface area (Å²) >= 11 is 0. The van der Waals surface area contributed by atoms with Crippen LogP contribution in [-0.2, 0) is 0 Å². The Morgan fingerprint density at radius 1 is 1.16 bits per heavy atom. The summed E-state index contributed by atoms with van der Waals surface area (Å²) in [5.74, 6) is 0.950. The zero-order valence-corrected chi connectivity index (χ0v) is 12.0. The number of hydrogen-bond acceptors (Lipinski definition) is 2. The van der Waals surface area contributed by atoms with Gasteiger partial charge in [-0.2, -0.15) is 0 Å². The minimum Gasteiger partial charge on any atom is -0.368 e. The monoisotopic (exact) mass is 258 g/mol. The van der Waals surface area contributed by atoms with Crippen LogP contribution in [0.1, 0.15) is 57.1 Å². The minimum atomic E-state index is 0.190. The first kappa shape index (κ1) is 13.0. The van der Waals surface area contributed by atoms with E-state index in [0.29, 0.717) is 0 Å². The van der Waals surface area contributed by atoms with Gasteiger partial charge in [0.2, 0.25) is 0 Å². The van der Waals surface area contributed by atoms with Crippen molar-refractivity contribution in [1.82, 2.24) is 0 Å². The highest BCUT2D eigenvalue weighted by Gasteiger charge is 2.35. The van der Waals surface area contributed by atoms with E-state index in [1.165, 1.54) is 49.9 Å². The van der Waals surface area contributed by atoms with Crippen LogP contribution in [0.4, 0.5) is 5.69 Å². The quantitative estimate of drug-likeness (QED) is 0.892. The van der Waals surface area contributed by atoms with Crippen LogP contribution >= 0.6 is 0 Å². The van der Waals surface area contributed by atoms with Crippen molar-refractivity contribution in [1.29, 1.82) is 0 Å². The maximum absolute atomic E-state index is 6.09. The van der Waals surface area contributed by atoms with Gasteiger partial charge in [-0.1, -0.05) is 31.9 Å². The molecule has 2 heteroatoms. The van der Waals surface area contributed by atoms with Crippen molar-refractivity contribution >= 4 is 5.69 Å². The first-order valence-electron chi connectivity index (χ1n) is 7.91. The van der Waals surface area contributed by atoms with E-state index in [0.717, 1.165) is 18.4 Å². The molecule has 0 spiro atoms. The molecule has 1 aliphatic heterocycles. The van der Waals surface area contributed by atoms with E-state index >= 15 is 0 Å². The molecular weight excluding hydrogens is 232 g/mol. The third kappa shape index (κ3) is 2.51. The van der Waals surface area contributed by atoms with Gasteiger partial charge < -0.3 is 10.6 Å². The molecule has 1 aliphatic carbocycles. The highest BCUT2D eigenvalue weighted by atomic mass is 15.2. The second kappa shape index (κ2) is 5.54. The van der Waals surface area contributed by atoms with E-state index in [2.05, 4.69) is 36.1 Å².